The van der Waals surface area contributed by atoms with Crippen LogP contribution in [-0.4, -0.2) is 49.9 Å². The van der Waals surface area contributed by atoms with Gasteiger partial charge in [0.2, 0.25) is 5.90 Å². The maximum absolute atomic E-state index is 14.8. The van der Waals surface area contributed by atoms with E-state index in [0.29, 0.717) is 58.1 Å². The number of nitrogens with one attached hydrogen (secondary N) is 1. The molecule has 0 unspecified atom stereocenters. The zero-order chi connectivity index (χ0) is 35.3. The third-order valence-electron chi connectivity index (χ3n) is 8.22. The van der Waals surface area contributed by atoms with Crippen LogP contribution in [0.25, 0.3) is 20.9 Å². The van der Waals surface area contributed by atoms with E-state index in [9.17, 15) is 10.3 Å². The van der Waals surface area contributed by atoms with Gasteiger partial charge >= 0.3 is 0 Å². The number of aliphatic hydroxyl groups excluding tert-OH is 1. The average Bonchev–Trinajstić information content (AvgIpc) is 3.54. The first-order valence-corrected chi connectivity index (χ1v) is 15.8. The maximum Gasteiger partial charge on any atom is 0.252 e. The van der Waals surface area contributed by atoms with Crippen LogP contribution in [0.4, 0.5) is 5.69 Å². The molecule has 0 bridgehead atoms. The Morgan fingerprint density at radius 3 is 2.40 bits per heavy atom. The minimum Gasteiger partial charge on any atom is -0.497 e. The molecule has 14 heteroatoms. The topological polar surface area (TPSA) is 196 Å². The summed E-state index contributed by atoms with van der Waals surface area (Å²) < 4.78 is 23.2. The standard InChI is InChI=1S/C36H36N8O6/c1-47-29-17-14-27(32(20-29)48-2)22-39-35(46)36(21-25-8-3-4-9-26(25)23-40-43-37)33(30-10-5-6-11-31(30)42-44-38)50-34(41-36)24-12-15-28(16-13-24)49-19-7-18-45/h3-6,8-17,20,33,45H,7,18-19,21-23H2,1-2H3,(H,39,46)/t33-,36-/m1/s1. The van der Waals surface area contributed by atoms with Crippen LogP contribution in [0.2, 0.25) is 0 Å². The lowest BCUT2D eigenvalue weighted by Crippen LogP contribution is -2.49. The largest absolute Gasteiger partial charge is 0.497 e. The van der Waals surface area contributed by atoms with Crippen LogP contribution in [0.3, 0.4) is 0 Å². The highest BCUT2D eigenvalue weighted by atomic mass is 16.5. The van der Waals surface area contributed by atoms with Crippen LogP contribution in [0.5, 0.6) is 17.2 Å². The van der Waals surface area contributed by atoms with Gasteiger partial charge < -0.3 is 29.4 Å². The molecule has 1 aliphatic heterocycles. The molecule has 0 spiro atoms. The summed E-state index contributed by atoms with van der Waals surface area (Å²) in [6.45, 7) is 0.512. The fourth-order valence-corrected chi connectivity index (χ4v) is 5.72. The number of hydrogen-bond donors (Lipinski definition) is 2. The molecule has 0 radical (unpaired) electrons. The molecule has 2 N–H and O–H groups in total. The van der Waals surface area contributed by atoms with Crippen molar-refractivity contribution in [3.05, 3.63) is 140 Å². The normalized spacial score (nSPS) is 16.2. The van der Waals surface area contributed by atoms with Crippen molar-refractivity contribution in [3.8, 4) is 17.2 Å². The van der Waals surface area contributed by atoms with Crippen molar-refractivity contribution >= 4 is 17.5 Å². The van der Waals surface area contributed by atoms with E-state index >= 15 is 0 Å². The summed E-state index contributed by atoms with van der Waals surface area (Å²) in [6, 6.07) is 26.6. The highest BCUT2D eigenvalue weighted by Gasteiger charge is 2.54. The lowest BCUT2D eigenvalue weighted by atomic mass is 9.80. The molecule has 14 nitrogen and oxygen atoms in total. The number of ether oxygens (including phenoxy) is 4. The number of carbonyl (C=O) groups is 1. The Kier molecular flexibility index (Phi) is 11.8. The molecule has 1 amide bonds. The molecular formula is C36H36N8O6. The van der Waals surface area contributed by atoms with Gasteiger partial charge in [0.25, 0.3) is 5.91 Å². The second-order valence-corrected chi connectivity index (χ2v) is 11.2. The van der Waals surface area contributed by atoms with Gasteiger partial charge in [-0.15, -0.1) is 0 Å². The van der Waals surface area contributed by atoms with Gasteiger partial charge in [-0.1, -0.05) is 58.8 Å². The number of azide groups is 2. The monoisotopic (exact) mass is 676 g/mol. The van der Waals surface area contributed by atoms with E-state index in [4.69, 9.17) is 34.6 Å². The second-order valence-electron chi connectivity index (χ2n) is 11.2. The molecule has 5 rings (SSSR count). The molecule has 1 aliphatic rings. The first-order chi connectivity index (χ1) is 24.5. The summed E-state index contributed by atoms with van der Waals surface area (Å²) in [4.78, 5) is 25.9. The number of benzene rings is 4. The van der Waals surface area contributed by atoms with Gasteiger partial charge in [-0.3, -0.25) is 4.79 Å². The molecule has 50 heavy (non-hydrogen) atoms. The maximum atomic E-state index is 14.8. The van der Waals surface area contributed by atoms with E-state index < -0.39 is 17.6 Å². The molecule has 4 aromatic carbocycles. The zero-order valence-corrected chi connectivity index (χ0v) is 27.6. The van der Waals surface area contributed by atoms with E-state index in [1.54, 1.807) is 73.8 Å². The minimum atomic E-state index is -1.64. The van der Waals surface area contributed by atoms with Gasteiger partial charge in [0.1, 0.15) is 17.2 Å². The molecule has 0 saturated heterocycles. The third kappa shape index (κ3) is 7.91. The molecule has 0 fully saturated rings. The summed E-state index contributed by atoms with van der Waals surface area (Å²) in [7, 11) is 3.09. The summed E-state index contributed by atoms with van der Waals surface area (Å²) >= 11 is 0. The molecule has 4 aromatic rings. The number of rotatable bonds is 16. The summed E-state index contributed by atoms with van der Waals surface area (Å²) in [5.74, 6) is 1.45. The molecule has 2 atom stereocenters. The zero-order valence-electron chi connectivity index (χ0n) is 27.6. The van der Waals surface area contributed by atoms with Gasteiger partial charge in [-0.25, -0.2) is 4.99 Å². The second kappa shape index (κ2) is 16.8. The summed E-state index contributed by atoms with van der Waals surface area (Å²) in [5.41, 5.74) is 20.3. The first kappa shape index (κ1) is 35.1. The highest BCUT2D eigenvalue weighted by Crippen LogP contribution is 2.46. The lowest BCUT2D eigenvalue weighted by molar-refractivity contribution is -0.129. The molecule has 256 valence electrons. The molecular weight excluding hydrogens is 640 g/mol. The van der Waals surface area contributed by atoms with E-state index in [1.165, 1.54) is 7.11 Å². The first-order valence-electron chi connectivity index (χ1n) is 15.8. The van der Waals surface area contributed by atoms with Gasteiger partial charge in [0, 0.05) is 64.3 Å². The van der Waals surface area contributed by atoms with E-state index in [2.05, 4.69) is 25.4 Å². The number of methoxy groups -OCH3 is 2. The summed E-state index contributed by atoms with van der Waals surface area (Å²) in [5, 5.41) is 19.9. The quantitative estimate of drug-likeness (QED) is 0.0552. The van der Waals surface area contributed by atoms with Crippen LogP contribution in [0, 0.1) is 0 Å². The number of aliphatic hydroxyl groups is 1. The van der Waals surface area contributed by atoms with Crippen molar-refractivity contribution in [2.45, 2.75) is 37.6 Å². The number of nitrogens with zero attached hydrogens (tertiary/aromatic N) is 7. The highest BCUT2D eigenvalue weighted by molar-refractivity contribution is 6.01. The van der Waals surface area contributed by atoms with Gasteiger partial charge in [0.15, 0.2) is 11.6 Å². The van der Waals surface area contributed by atoms with Crippen LogP contribution >= 0.6 is 0 Å². The molecule has 0 aromatic heterocycles. The number of hydrogen-bond acceptors (Lipinski definition) is 9. The fourth-order valence-electron chi connectivity index (χ4n) is 5.72. The van der Waals surface area contributed by atoms with E-state index in [0.717, 1.165) is 0 Å². The van der Waals surface area contributed by atoms with E-state index in [-0.39, 0.29) is 37.7 Å². The Balaban J connectivity index is 1.65. The SMILES string of the molecule is COc1ccc(CNC(=O)[C@]2(Cc3ccccc3CN=[N+]=[N-])N=C(c3ccc(OCCCO)cc3)O[C@@H]2c2ccccc2N=[N+]=[N-])c(OC)c1. The van der Waals surface area contributed by atoms with Crippen molar-refractivity contribution in [3.63, 3.8) is 0 Å². The predicted molar refractivity (Wildman–Crippen MR) is 186 cm³/mol. The van der Waals surface area contributed by atoms with Crippen LogP contribution < -0.4 is 19.5 Å². The Bertz CT molecular complexity index is 1940. The fraction of sp³-hybridized carbons (Fsp3) is 0.278. The molecule has 1 heterocycles. The predicted octanol–water partition coefficient (Wildman–Crippen LogP) is 7.03. The molecule has 0 saturated carbocycles. The summed E-state index contributed by atoms with van der Waals surface area (Å²) in [6.07, 6.45) is -0.521. The van der Waals surface area contributed by atoms with Crippen LogP contribution in [0.15, 0.2) is 106 Å². The number of carbonyl (C=O) groups excluding carboxylic acids is 1. The third-order valence-corrected chi connectivity index (χ3v) is 8.22. The van der Waals surface area contributed by atoms with Crippen LogP contribution in [0.1, 0.15) is 40.3 Å². The average molecular weight is 677 g/mol. The van der Waals surface area contributed by atoms with Crippen molar-refractivity contribution < 1.29 is 28.8 Å². The van der Waals surface area contributed by atoms with Gasteiger partial charge in [-0.05, 0) is 58.6 Å². The number of amides is 1. The van der Waals surface area contributed by atoms with E-state index in [1.807, 2.05) is 24.3 Å². The Labute approximate surface area is 288 Å². The Morgan fingerprint density at radius 1 is 0.940 bits per heavy atom. The van der Waals surface area contributed by atoms with Gasteiger partial charge in [-0.2, -0.15) is 0 Å². The minimum absolute atomic E-state index is 0.0167. The van der Waals surface area contributed by atoms with Crippen molar-refractivity contribution in [1.82, 2.24) is 5.32 Å². The lowest BCUT2D eigenvalue weighted by Gasteiger charge is -2.32. The molecule has 0 aliphatic carbocycles. The van der Waals surface area contributed by atoms with Gasteiger partial charge in [0.05, 0.1) is 27.4 Å². The van der Waals surface area contributed by atoms with Crippen molar-refractivity contribution in [1.29, 1.82) is 0 Å². The Morgan fingerprint density at radius 2 is 1.68 bits per heavy atom. The van der Waals surface area contributed by atoms with Crippen LogP contribution in [-0.2, 0) is 29.0 Å². The number of aliphatic imine (C=N–C) groups is 1. The Hall–Kier alpha value is -6.20. The van der Waals surface area contributed by atoms with Crippen molar-refractivity contribution in [2.24, 2.45) is 15.2 Å². The smallest absolute Gasteiger partial charge is 0.252 e. The van der Waals surface area contributed by atoms with Crippen molar-refractivity contribution in [2.75, 3.05) is 27.4 Å².